The first-order chi connectivity index (χ1) is 18.2. The molecule has 2 unspecified atom stereocenters. The van der Waals surface area contributed by atoms with Gasteiger partial charge in [0, 0.05) is 42.0 Å². The van der Waals surface area contributed by atoms with Crippen molar-refractivity contribution < 1.29 is 13.2 Å². The summed E-state index contributed by atoms with van der Waals surface area (Å²) >= 11 is 6.07. The molecular weight excluding hydrogens is 520 g/mol. The predicted molar refractivity (Wildman–Crippen MR) is 147 cm³/mol. The van der Waals surface area contributed by atoms with E-state index in [9.17, 15) is 13.2 Å². The van der Waals surface area contributed by atoms with Crippen molar-refractivity contribution in [1.82, 2.24) is 14.2 Å². The fraction of sp³-hybridized carbons (Fsp3) is 0.207. The summed E-state index contributed by atoms with van der Waals surface area (Å²) in [7, 11) is -3.78. The van der Waals surface area contributed by atoms with Gasteiger partial charge in [0.2, 0.25) is 10.0 Å². The molecule has 0 saturated carbocycles. The number of hydrogen-bond donors (Lipinski definition) is 0. The van der Waals surface area contributed by atoms with Gasteiger partial charge in [-0.25, -0.2) is 13.4 Å². The first kappa shape index (κ1) is 25.9. The van der Waals surface area contributed by atoms with Crippen LogP contribution in [-0.4, -0.2) is 53.7 Å². The van der Waals surface area contributed by atoms with Gasteiger partial charge in [-0.15, -0.1) is 0 Å². The Kier molecular flexibility index (Phi) is 6.93. The molecule has 3 aromatic carbocycles. The average Bonchev–Trinajstić information content (AvgIpc) is 2.91. The van der Waals surface area contributed by atoms with Crippen LogP contribution in [-0.2, 0) is 10.0 Å². The molecule has 5 rings (SSSR count). The Morgan fingerprint density at radius 2 is 1.58 bits per heavy atom. The Labute approximate surface area is 226 Å². The zero-order valence-electron chi connectivity index (χ0n) is 20.9. The molecule has 9 heteroatoms. The largest absolute Gasteiger partial charge is 0.335 e. The average molecular weight is 545 g/mol. The molecule has 1 aliphatic heterocycles. The van der Waals surface area contributed by atoms with E-state index in [0.717, 1.165) is 21.9 Å². The van der Waals surface area contributed by atoms with E-state index in [1.807, 2.05) is 44.2 Å². The lowest BCUT2D eigenvalue weighted by Crippen LogP contribution is -2.59. The van der Waals surface area contributed by atoms with E-state index in [4.69, 9.17) is 16.9 Å². The number of benzene rings is 3. The zero-order valence-corrected chi connectivity index (χ0v) is 22.4. The lowest BCUT2D eigenvalue weighted by atomic mass is 10.0. The Balaban J connectivity index is 1.34. The van der Waals surface area contributed by atoms with Crippen molar-refractivity contribution in [2.24, 2.45) is 0 Å². The molecule has 0 spiro atoms. The fourth-order valence-corrected chi connectivity index (χ4v) is 7.10. The van der Waals surface area contributed by atoms with E-state index in [-0.39, 0.29) is 23.9 Å². The number of aromatic nitrogens is 1. The first-order valence-electron chi connectivity index (χ1n) is 12.2. The number of hydrogen-bond acceptors (Lipinski definition) is 5. The summed E-state index contributed by atoms with van der Waals surface area (Å²) in [6.07, 6.45) is 1.58. The van der Waals surface area contributed by atoms with E-state index in [1.54, 1.807) is 59.6 Å². The number of carbonyl (C=O) groups is 1. The molecule has 0 N–H and O–H groups in total. The minimum atomic E-state index is -3.78. The molecule has 1 aromatic heterocycles. The molecule has 1 fully saturated rings. The summed E-state index contributed by atoms with van der Waals surface area (Å²) < 4.78 is 28.8. The maximum atomic E-state index is 13.7. The minimum Gasteiger partial charge on any atom is -0.335 e. The fourth-order valence-electron chi connectivity index (χ4n) is 5.08. The van der Waals surface area contributed by atoms with Gasteiger partial charge >= 0.3 is 0 Å². The second kappa shape index (κ2) is 10.2. The molecule has 192 valence electrons. The van der Waals surface area contributed by atoms with E-state index in [0.29, 0.717) is 16.3 Å². The highest BCUT2D eigenvalue weighted by molar-refractivity contribution is 7.89. The molecule has 0 bridgehead atoms. The van der Waals surface area contributed by atoms with Gasteiger partial charge in [0.15, 0.2) is 0 Å². The zero-order chi connectivity index (χ0) is 27.0. The summed E-state index contributed by atoms with van der Waals surface area (Å²) in [5.74, 6) is -0.151. The van der Waals surface area contributed by atoms with Gasteiger partial charge < -0.3 is 4.90 Å². The molecule has 38 heavy (non-hydrogen) atoms. The third-order valence-corrected chi connectivity index (χ3v) is 9.17. The van der Waals surface area contributed by atoms with Crippen molar-refractivity contribution in [3.8, 4) is 17.2 Å². The van der Waals surface area contributed by atoms with Crippen molar-refractivity contribution in [2.45, 2.75) is 30.8 Å². The van der Waals surface area contributed by atoms with Crippen LogP contribution in [0.3, 0.4) is 0 Å². The van der Waals surface area contributed by atoms with Gasteiger partial charge in [0.25, 0.3) is 5.91 Å². The third-order valence-electron chi connectivity index (χ3n) is 6.81. The number of piperazine rings is 1. The van der Waals surface area contributed by atoms with Gasteiger partial charge in [-0.3, -0.25) is 4.79 Å². The number of rotatable bonds is 4. The van der Waals surface area contributed by atoms with Crippen molar-refractivity contribution in [2.75, 3.05) is 13.1 Å². The Morgan fingerprint density at radius 1 is 0.921 bits per heavy atom. The minimum absolute atomic E-state index is 0.151. The van der Waals surface area contributed by atoms with Crippen molar-refractivity contribution in [3.63, 3.8) is 0 Å². The number of amides is 1. The van der Waals surface area contributed by atoms with Crippen LogP contribution in [0.5, 0.6) is 0 Å². The van der Waals surface area contributed by atoms with Crippen LogP contribution in [0.25, 0.3) is 21.9 Å². The number of pyridine rings is 1. The SMILES string of the molecule is CC1CN(C(=O)c2ccc(-c3ccnc(C#N)c3)cc2)CC(C)N1S(=O)(=O)c1ccc2cc(Cl)ccc2c1. The third kappa shape index (κ3) is 4.88. The second-order valence-electron chi connectivity index (χ2n) is 9.52. The Hall–Kier alpha value is -3.77. The van der Waals surface area contributed by atoms with Gasteiger partial charge in [0.1, 0.15) is 11.8 Å². The van der Waals surface area contributed by atoms with Crippen molar-refractivity contribution >= 4 is 38.3 Å². The lowest BCUT2D eigenvalue weighted by Gasteiger charge is -2.43. The van der Waals surface area contributed by atoms with Crippen LogP contribution in [0.15, 0.2) is 83.9 Å². The van der Waals surface area contributed by atoms with Gasteiger partial charge in [-0.05, 0) is 84.3 Å². The quantitative estimate of drug-likeness (QED) is 0.345. The highest BCUT2D eigenvalue weighted by atomic mass is 35.5. The maximum absolute atomic E-state index is 13.7. The number of halogens is 1. The molecule has 0 radical (unpaired) electrons. The summed E-state index contributed by atoms with van der Waals surface area (Å²) in [5, 5.41) is 11.3. The van der Waals surface area contributed by atoms with E-state index in [1.165, 1.54) is 4.31 Å². The van der Waals surface area contributed by atoms with Crippen molar-refractivity contribution in [1.29, 1.82) is 5.26 Å². The normalized spacial score (nSPS) is 18.3. The molecule has 0 aliphatic carbocycles. The number of nitriles is 1. The van der Waals surface area contributed by atoms with Crippen LogP contribution in [0, 0.1) is 11.3 Å². The Morgan fingerprint density at radius 3 is 2.26 bits per heavy atom. The monoisotopic (exact) mass is 544 g/mol. The standard InChI is InChI=1S/C29H25ClN4O3S/c1-19-17-33(29(35)22-5-3-21(4-6-22)25-11-12-32-27(14-25)16-31)18-20(2)34(19)38(36,37)28-10-8-23-13-26(30)9-7-24(23)15-28/h3-15,19-20H,17-18H2,1-2H3. The second-order valence-corrected chi connectivity index (χ2v) is 11.8. The molecule has 2 heterocycles. The highest BCUT2D eigenvalue weighted by Crippen LogP contribution is 2.29. The number of nitrogens with zero attached hydrogens (tertiary/aromatic N) is 4. The molecule has 7 nitrogen and oxygen atoms in total. The van der Waals surface area contributed by atoms with Gasteiger partial charge in [-0.1, -0.05) is 35.9 Å². The molecule has 1 aliphatic rings. The molecule has 1 saturated heterocycles. The van der Waals surface area contributed by atoms with Crippen LogP contribution < -0.4 is 0 Å². The van der Waals surface area contributed by atoms with Gasteiger partial charge in [-0.2, -0.15) is 9.57 Å². The maximum Gasteiger partial charge on any atom is 0.253 e. The van der Waals surface area contributed by atoms with Crippen LogP contribution in [0.2, 0.25) is 5.02 Å². The number of carbonyl (C=O) groups excluding carboxylic acids is 1. The van der Waals surface area contributed by atoms with Crippen LogP contribution in [0.1, 0.15) is 29.9 Å². The summed E-state index contributed by atoms with van der Waals surface area (Å²) in [5.41, 5.74) is 2.56. The Bertz CT molecular complexity index is 1670. The molecular formula is C29H25ClN4O3S. The van der Waals surface area contributed by atoms with Gasteiger partial charge in [0.05, 0.1) is 4.90 Å². The lowest BCUT2D eigenvalue weighted by molar-refractivity contribution is 0.0554. The first-order valence-corrected chi connectivity index (χ1v) is 14.0. The predicted octanol–water partition coefficient (Wildman–Crippen LogP) is 5.35. The molecule has 1 amide bonds. The smallest absolute Gasteiger partial charge is 0.253 e. The number of sulfonamides is 1. The van der Waals surface area contributed by atoms with E-state index in [2.05, 4.69) is 4.98 Å². The summed E-state index contributed by atoms with van der Waals surface area (Å²) in [6, 6.07) is 22.3. The highest BCUT2D eigenvalue weighted by Gasteiger charge is 2.40. The van der Waals surface area contributed by atoms with Crippen LogP contribution >= 0.6 is 11.6 Å². The summed E-state index contributed by atoms with van der Waals surface area (Å²) in [4.78, 5) is 19.3. The van der Waals surface area contributed by atoms with Crippen molar-refractivity contribution in [3.05, 3.63) is 95.3 Å². The summed E-state index contributed by atoms with van der Waals surface area (Å²) in [6.45, 7) is 4.22. The molecule has 4 aromatic rings. The van der Waals surface area contributed by atoms with Crippen LogP contribution in [0.4, 0.5) is 0 Å². The molecule has 2 atom stereocenters. The van der Waals surface area contributed by atoms with E-state index < -0.39 is 22.1 Å². The topological polar surface area (TPSA) is 94.4 Å². The number of fused-ring (bicyclic) bond motifs is 1. The van der Waals surface area contributed by atoms with E-state index >= 15 is 0 Å².